The molecule has 0 radical (unpaired) electrons. The van der Waals surface area contributed by atoms with Crippen molar-refractivity contribution in [2.24, 2.45) is 0 Å². The lowest BCUT2D eigenvalue weighted by atomic mass is 10.1. The van der Waals surface area contributed by atoms with Gasteiger partial charge < -0.3 is 0 Å². The number of halogens is 1. The van der Waals surface area contributed by atoms with E-state index in [-0.39, 0.29) is 5.91 Å². The number of nitrogens with one attached hydrogen (secondary N) is 1. The molecule has 3 nitrogen and oxygen atoms in total. The Hall–Kier alpha value is -1.24. The fraction of sp³-hybridized carbons (Fsp3) is 0.250. The topological polar surface area (TPSA) is 42.0 Å². The Morgan fingerprint density at radius 2 is 2.23 bits per heavy atom. The lowest BCUT2D eigenvalue weighted by Gasteiger charge is -1.98. The van der Waals surface area contributed by atoms with Crippen molar-refractivity contribution >= 4 is 59.9 Å². The van der Waals surface area contributed by atoms with Gasteiger partial charge in [-0.05, 0) is 52.5 Å². The van der Waals surface area contributed by atoms with Crippen LogP contribution in [0, 0.1) is 0 Å². The smallest absolute Gasteiger partial charge is 0.267 e. The van der Waals surface area contributed by atoms with Crippen molar-refractivity contribution in [2.45, 2.75) is 26.2 Å². The van der Waals surface area contributed by atoms with Gasteiger partial charge in [-0.15, -0.1) is 11.3 Å². The Labute approximate surface area is 145 Å². The highest BCUT2D eigenvalue weighted by atomic mass is 79.9. The number of hydrogen-bond donors (Lipinski definition) is 1. The van der Waals surface area contributed by atoms with Gasteiger partial charge in [0.05, 0.1) is 15.1 Å². The molecule has 0 saturated heterocycles. The van der Waals surface area contributed by atoms with E-state index in [1.807, 2.05) is 17.5 Å². The van der Waals surface area contributed by atoms with Crippen LogP contribution in [0.2, 0.25) is 0 Å². The van der Waals surface area contributed by atoms with Crippen molar-refractivity contribution in [3.8, 4) is 0 Å². The molecule has 2 aromatic heterocycles. The average Bonchev–Trinajstić information content (AvgIpc) is 3.10. The SMILES string of the molecule is CCCCc1ccc2nc(NC(=O)c3cc(Br)cs3)sc2c1. The molecule has 114 valence electrons. The number of hydrogen-bond acceptors (Lipinski definition) is 4. The summed E-state index contributed by atoms with van der Waals surface area (Å²) in [4.78, 5) is 17.3. The van der Waals surface area contributed by atoms with E-state index in [0.29, 0.717) is 10.0 Å². The molecule has 3 aromatic rings. The summed E-state index contributed by atoms with van der Waals surface area (Å²) < 4.78 is 2.05. The largest absolute Gasteiger partial charge is 0.297 e. The average molecular weight is 395 g/mol. The molecule has 0 fully saturated rings. The van der Waals surface area contributed by atoms with Gasteiger partial charge in [0.2, 0.25) is 0 Å². The number of carbonyl (C=O) groups is 1. The maximum absolute atomic E-state index is 12.2. The summed E-state index contributed by atoms with van der Waals surface area (Å²) >= 11 is 6.30. The van der Waals surface area contributed by atoms with Gasteiger partial charge in [-0.3, -0.25) is 10.1 Å². The molecule has 0 spiro atoms. The number of rotatable bonds is 5. The molecule has 0 aliphatic rings. The molecule has 0 atom stereocenters. The molecule has 1 N–H and O–H groups in total. The molecule has 22 heavy (non-hydrogen) atoms. The van der Waals surface area contributed by atoms with E-state index < -0.39 is 0 Å². The second-order valence-corrected chi connectivity index (χ2v) is 7.87. The minimum atomic E-state index is -0.110. The molecule has 1 aromatic carbocycles. The van der Waals surface area contributed by atoms with Crippen molar-refractivity contribution in [1.82, 2.24) is 4.98 Å². The highest BCUT2D eigenvalue weighted by molar-refractivity contribution is 9.10. The number of benzene rings is 1. The third kappa shape index (κ3) is 3.56. The Balaban J connectivity index is 1.78. The third-order valence-corrected chi connectivity index (χ3v) is 5.91. The van der Waals surface area contributed by atoms with Crippen molar-refractivity contribution in [3.63, 3.8) is 0 Å². The number of amides is 1. The molecule has 0 unspecified atom stereocenters. The first-order chi connectivity index (χ1) is 10.7. The van der Waals surface area contributed by atoms with Crippen molar-refractivity contribution < 1.29 is 4.79 Å². The number of thiazole rings is 1. The quantitative estimate of drug-likeness (QED) is 0.601. The van der Waals surface area contributed by atoms with Gasteiger partial charge in [0.25, 0.3) is 5.91 Å². The fourth-order valence-electron chi connectivity index (χ4n) is 2.15. The molecular formula is C16H15BrN2OS2. The molecule has 6 heteroatoms. The highest BCUT2D eigenvalue weighted by Gasteiger charge is 2.12. The molecule has 0 bridgehead atoms. The molecule has 3 rings (SSSR count). The fourth-order valence-corrected chi connectivity index (χ4v) is 4.40. The summed E-state index contributed by atoms with van der Waals surface area (Å²) in [6.07, 6.45) is 3.48. The zero-order valence-electron chi connectivity index (χ0n) is 12.1. The number of nitrogens with zero attached hydrogens (tertiary/aromatic N) is 1. The van der Waals surface area contributed by atoms with E-state index in [0.717, 1.165) is 21.1 Å². The first-order valence-corrected chi connectivity index (χ1v) is 9.59. The van der Waals surface area contributed by atoms with Crippen LogP contribution in [0.5, 0.6) is 0 Å². The van der Waals surface area contributed by atoms with Gasteiger partial charge in [0.15, 0.2) is 5.13 Å². The van der Waals surface area contributed by atoms with E-state index in [4.69, 9.17) is 0 Å². The van der Waals surface area contributed by atoms with Crippen LogP contribution in [0.1, 0.15) is 35.0 Å². The zero-order valence-corrected chi connectivity index (χ0v) is 15.3. The Morgan fingerprint density at radius 3 is 2.95 bits per heavy atom. The summed E-state index contributed by atoms with van der Waals surface area (Å²) in [6.45, 7) is 2.20. The lowest BCUT2D eigenvalue weighted by Crippen LogP contribution is -2.09. The van der Waals surface area contributed by atoms with E-state index in [1.165, 1.54) is 41.1 Å². The standard InChI is InChI=1S/C16H15BrN2OS2/c1-2-3-4-10-5-6-12-13(7-10)22-16(18-12)19-15(20)14-8-11(17)9-21-14/h5-9H,2-4H2,1H3,(H,18,19,20). The van der Waals surface area contributed by atoms with Gasteiger partial charge in [0.1, 0.15) is 0 Å². The van der Waals surface area contributed by atoms with Crippen LogP contribution >= 0.6 is 38.6 Å². The van der Waals surface area contributed by atoms with Gasteiger partial charge in [-0.2, -0.15) is 0 Å². The molecule has 0 aliphatic heterocycles. The van der Waals surface area contributed by atoms with Crippen LogP contribution in [0.15, 0.2) is 34.1 Å². The summed E-state index contributed by atoms with van der Waals surface area (Å²) in [5, 5.41) is 5.43. The Bertz CT molecular complexity index is 809. The van der Waals surface area contributed by atoms with Gasteiger partial charge in [-0.25, -0.2) is 4.98 Å². The van der Waals surface area contributed by atoms with Gasteiger partial charge >= 0.3 is 0 Å². The molecule has 1 amide bonds. The maximum Gasteiger partial charge on any atom is 0.267 e. The van der Waals surface area contributed by atoms with Crippen molar-refractivity contribution in [3.05, 3.63) is 44.6 Å². The van der Waals surface area contributed by atoms with E-state index in [9.17, 15) is 4.79 Å². The number of aryl methyl sites for hydroxylation is 1. The second kappa shape index (κ2) is 6.89. The second-order valence-electron chi connectivity index (χ2n) is 5.01. The summed E-state index contributed by atoms with van der Waals surface area (Å²) in [6, 6.07) is 8.16. The van der Waals surface area contributed by atoms with E-state index in [1.54, 1.807) is 0 Å². The van der Waals surface area contributed by atoms with Crippen molar-refractivity contribution in [2.75, 3.05) is 5.32 Å². The predicted molar refractivity (Wildman–Crippen MR) is 98.2 cm³/mol. The number of aromatic nitrogens is 1. The van der Waals surface area contributed by atoms with Crippen LogP contribution in [0.4, 0.5) is 5.13 Å². The lowest BCUT2D eigenvalue weighted by molar-refractivity contribution is 0.103. The van der Waals surface area contributed by atoms with Gasteiger partial charge in [0, 0.05) is 9.85 Å². The third-order valence-electron chi connectivity index (χ3n) is 3.28. The normalized spacial score (nSPS) is 11.0. The molecule has 0 saturated carbocycles. The van der Waals surface area contributed by atoms with E-state index >= 15 is 0 Å². The highest BCUT2D eigenvalue weighted by Crippen LogP contribution is 2.28. The first kappa shape index (κ1) is 15.6. The van der Waals surface area contributed by atoms with E-state index in [2.05, 4.69) is 45.3 Å². The molecule has 2 heterocycles. The number of fused-ring (bicyclic) bond motifs is 1. The monoisotopic (exact) mass is 394 g/mol. The predicted octanol–water partition coefficient (Wildman–Crippen LogP) is 5.72. The number of unbranched alkanes of at least 4 members (excludes halogenated alkanes) is 1. The van der Waals surface area contributed by atoms with Crippen LogP contribution in [0.25, 0.3) is 10.2 Å². The number of thiophene rings is 1. The first-order valence-electron chi connectivity index (χ1n) is 7.10. The Morgan fingerprint density at radius 1 is 1.36 bits per heavy atom. The number of anilines is 1. The Kier molecular flexibility index (Phi) is 4.90. The summed E-state index contributed by atoms with van der Waals surface area (Å²) in [7, 11) is 0. The zero-order chi connectivity index (χ0) is 15.5. The maximum atomic E-state index is 12.2. The van der Waals surface area contributed by atoms with Crippen LogP contribution < -0.4 is 5.32 Å². The molecular weight excluding hydrogens is 380 g/mol. The van der Waals surface area contributed by atoms with Crippen LogP contribution in [0.3, 0.4) is 0 Å². The number of carbonyl (C=O) groups excluding carboxylic acids is 1. The van der Waals surface area contributed by atoms with Gasteiger partial charge in [-0.1, -0.05) is 30.7 Å². The summed E-state index contributed by atoms with van der Waals surface area (Å²) in [5.74, 6) is -0.110. The minimum Gasteiger partial charge on any atom is -0.297 e. The molecule has 0 aliphatic carbocycles. The minimum absolute atomic E-state index is 0.110. The van der Waals surface area contributed by atoms with Crippen LogP contribution in [-0.4, -0.2) is 10.9 Å². The van der Waals surface area contributed by atoms with Crippen molar-refractivity contribution in [1.29, 1.82) is 0 Å². The van der Waals surface area contributed by atoms with Crippen LogP contribution in [-0.2, 0) is 6.42 Å². The summed E-state index contributed by atoms with van der Waals surface area (Å²) in [5.41, 5.74) is 2.27.